The Kier molecular flexibility index (Phi) is 6.91. The van der Waals surface area contributed by atoms with E-state index in [1.54, 1.807) is 0 Å². The summed E-state index contributed by atoms with van der Waals surface area (Å²) in [6, 6.07) is 15.1. The van der Waals surface area contributed by atoms with E-state index in [2.05, 4.69) is 36.6 Å². The fraction of sp³-hybridized carbons (Fsp3) is 0.444. The van der Waals surface area contributed by atoms with Gasteiger partial charge < -0.3 is 20.5 Å². The first-order chi connectivity index (χ1) is 16.3. The van der Waals surface area contributed by atoms with Crippen molar-refractivity contribution in [2.75, 3.05) is 13.2 Å². The van der Waals surface area contributed by atoms with Gasteiger partial charge in [-0.3, -0.25) is 9.59 Å². The molecule has 0 spiro atoms. The Labute approximate surface area is 199 Å². The molecule has 0 heterocycles. The maximum atomic E-state index is 12.8. The summed E-state index contributed by atoms with van der Waals surface area (Å²) in [6.45, 7) is 4.93. The van der Waals surface area contributed by atoms with Gasteiger partial charge >= 0.3 is 12.1 Å². The van der Waals surface area contributed by atoms with Crippen LogP contribution in [0.3, 0.4) is 0 Å². The highest BCUT2D eigenvalue weighted by atomic mass is 16.5. The van der Waals surface area contributed by atoms with Crippen LogP contribution in [0, 0.1) is 11.3 Å². The van der Waals surface area contributed by atoms with Crippen LogP contribution < -0.4 is 10.6 Å². The van der Waals surface area contributed by atoms with Crippen LogP contribution in [-0.2, 0) is 14.3 Å². The highest BCUT2D eigenvalue weighted by Crippen LogP contribution is 2.51. The van der Waals surface area contributed by atoms with Crippen molar-refractivity contribution >= 4 is 18.0 Å². The lowest BCUT2D eigenvalue weighted by molar-refractivity contribution is -0.137. The minimum absolute atomic E-state index is 0.0000403. The quantitative estimate of drug-likeness (QED) is 0.486. The summed E-state index contributed by atoms with van der Waals surface area (Å²) in [7, 11) is 0. The smallest absolute Gasteiger partial charge is 0.407 e. The number of carboxylic acids is 1. The zero-order valence-electron chi connectivity index (χ0n) is 19.7. The van der Waals surface area contributed by atoms with E-state index >= 15 is 0 Å². The monoisotopic (exact) mass is 464 g/mol. The van der Waals surface area contributed by atoms with Gasteiger partial charge in [-0.05, 0) is 52.8 Å². The molecule has 7 heteroatoms. The molecule has 7 nitrogen and oxygen atoms in total. The summed E-state index contributed by atoms with van der Waals surface area (Å²) in [5.74, 6) is -1.04. The van der Waals surface area contributed by atoms with Crippen LogP contribution in [-0.4, -0.2) is 42.3 Å². The molecular weight excluding hydrogens is 432 g/mol. The van der Waals surface area contributed by atoms with Gasteiger partial charge in [0.05, 0.1) is 0 Å². The molecule has 4 rings (SSSR count). The fourth-order valence-corrected chi connectivity index (χ4v) is 4.82. The van der Waals surface area contributed by atoms with Crippen molar-refractivity contribution in [2.24, 2.45) is 11.3 Å². The Morgan fingerprint density at radius 2 is 1.62 bits per heavy atom. The molecule has 1 atom stereocenters. The Bertz CT molecular complexity index is 1030. The van der Waals surface area contributed by atoms with Crippen LogP contribution in [0.5, 0.6) is 0 Å². The molecule has 2 aromatic rings. The highest BCUT2D eigenvalue weighted by molar-refractivity contribution is 5.86. The van der Waals surface area contributed by atoms with Gasteiger partial charge in [-0.1, -0.05) is 62.4 Å². The van der Waals surface area contributed by atoms with Crippen molar-refractivity contribution in [3.8, 4) is 11.1 Å². The molecule has 0 saturated heterocycles. The number of aliphatic carboxylic acids is 1. The summed E-state index contributed by atoms with van der Waals surface area (Å²) >= 11 is 0. The topological polar surface area (TPSA) is 105 Å². The minimum Gasteiger partial charge on any atom is -0.481 e. The molecule has 0 aliphatic heterocycles. The molecule has 1 saturated carbocycles. The molecule has 2 aliphatic rings. The minimum atomic E-state index is -1.02. The van der Waals surface area contributed by atoms with Crippen LogP contribution in [0.15, 0.2) is 48.5 Å². The van der Waals surface area contributed by atoms with Gasteiger partial charge in [0.2, 0.25) is 5.91 Å². The zero-order valence-corrected chi connectivity index (χ0v) is 19.7. The number of hydrogen-bond acceptors (Lipinski definition) is 4. The summed E-state index contributed by atoms with van der Waals surface area (Å²) in [5.41, 5.74) is 4.56. The number of carboxylic acid groups (broad SMARTS) is 1. The molecule has 34 heavy (non-hydrogen) atoms. The lowest BCUT2D eigenvalue weighted by atomic mass is 9.92. The molecular formula is C27H32N2O5. The predicted octanol–water partition coefficient (Wildman–Crippen LogP) is 4.31. The Morgan fingerprint density at radius 1 is 1.03 bits per heavy atom. The average Bonchev–Trinajstić information content (AvgIpc) is 3.56. The largest absolute Gasteiger partial charge is 0.481 e. The fourth-order valence-electron chi connectivity index (χ4n) is 4.82. The molecule has 2 aliphatic carbocycles. The van der Waals surface area contributed by atoms with Crippen LogP contribution in [0.1, 0.15) is 56.6 Å². The number of carbonyl (C=O) groups excluding carboxylic acids is 2. The van der Waals surface area contributed by atoms with Crippen molar-refractivity contribution in [3.63, 3.8) is 0 Å². The van der Waals surface area contributed by atoms with Crippen molar-refractivity contribution in [1.82, 2.24) is 10.6 Å². The van der Waals surface area contributed by atoms with E-state index in [4.69, 9.17) is 9.84 Å². The third-order valence-corrected chi connectivity index (χ3v) is 7.33. The molecule has 0 bridgehead atoms. The van der Waals surface area contributed by atoms with E-state index in [1.165, 1.54) is 0 Å². The van der Waals surface area contributed by atoms with E-state index in [0.29, 0.717) is 12.5 Å². The van der Waals surface area contributed by atoms with Crippen molar-refractivity contribution in [2.45, 2.75) is 51.5 Å². The molecule has 2 aromatic carbocycles. The van der Waals surface area contributed by atoms with E-state index in [1.807, 2.05) is 36.4 Å². The Balaban J connectivity index is 1.38. The third-order valence-electron chi connectivity index (χ3n) is 7.33. The first kappa shape index (κ1) is 23.8. The number of hydrogen-bond donors (Lipinski definition) is 3. The first-order valence-corrected chi connectivity index (χ1v) is 11.9. The van der Waals surface area contributed by atoms with Gasteiger partial charge in [0, 0.05) is 18.9 Å². The highest BCUT2D eigenvalue weighted by Gasteiger charge is 2.45. The Morgan fingerprint density at radius 3 is 2.15 bits per heavy atom. The lowest BCUT2D eigenvalue weighted by Gasteiger charge is -2.23. The number of amides is 2. The molecule has 0 radical (unpaired) electrons. The summed E-state index contributed by atoms with van der Waals surface area (Å²) in [4.78, 5) is 36.5. The number of benzene rings is 2. The maximum absolute atomic E-state index is 12.8. The first-order valence-electron chi connectivity index (χ1n) is 11.9. The molecule has 1 fully saturated rings. The van der Waals surface area contributed by atoms with Gasteiger partial charge in [-0.2, -0.15) is 0 Å². The maximum Gasteiger partial charge on any atom is 0.407 e. The van der Waals surface area contributed by atoms with Gasteiger partial charge in [0.1, 0.15) is 12.6 Å². The van der Waals surface area contributed by atoms with Gasteiger partial charge in [0.25, 0.3) is 0 Å². The van der Waals surface area contributed by atoms with Crippen LogP contribution in [0.4, 0.5) is 4.79 Å². The van der Waals surface area contributed by atoms with E-state index in [9.17, 15) is 14.4 Å². The molecule has 2 amide bonds. The standard InChI is InChI=1S/C27H32N2O5/c1-17(2)27(13-14-27)16-28-25(32)23(11-12-24(30)31)29-26(33)34-15-22-20-9-5-3-7-18(20)19-8-4-6-10-21(19)22/h3-10,17,22-23H,11-16H2,1-2H3,(H,28,32)(H,29,33)(H,30,31). The van der Waals surface area contributed by atoms with Gasteiger partial charge in [-0.25, -0.2) is 4.79 Å². The third kappa shape index (κ3) is 5.08. The second kappa shape index (κ2) is 9.87. The average molecular weight is 465 g/mol. The van der Waals surface area contributed by atoms with Gasteiger partial charge in [-0.15, -0.1) is 0 Å². The number of ether oxygens (including phenoxy) is 1. The number of fused-ring (bicyclic) bond motifs is 3. The lowest BCUT2D eigenvalue weighted by Crippen LogP contribution is -2.48. The number of alkyl carbamates (subject to hydrolysis) is 1. The predicted molar refractivity (Wildman–Crippen MR) is 128 cm³/mol. The van der Waals surface area contributed by atoms with Crippen molar-refractivity contribution in [1.29, 1.82) is 0 Å². The molecule has 0 aromatic heterocycles. The normalized spacial score (nSPS) is 16.3. The van der Waals surface area contributed by atoms with Crippen LogP contribution >= 0.6 is 0 Å². The van der Waals surface area contributed by atoms with E-state index < -0.39 is 18.1 Å². The van der Waals surface area contributed by atoms with E-state index in [0.717, 1.165) is 35.1 Å². The zero-order chi connectivity index (χ0) is 24.3. The SMILES string of the molecule is CC(C)C1(CNC(=O)C(CCC(=O)O)NC(=O)OCC2c3ccccc3-c3ccccc32)CC1. The molecule has 1 unspecified atom stereocenters. The number of rotatable bonds is 10. The van der Waals surface area contributed by atoms with Gasteiger partial charge in [0.15, 0.2) is 0 Å². The summed E-state index contributed by atoms with van der Waals surface area (Å²) in [6.07, 6.45) is 1.17. The van der Waals surface area contributed by atoms with Crippen molar-refractivity contribution < 1.29 is 24.2 Å². The molecule has 3 N–H and O–H groups in total. The summed E-state index contributed by atoms with van der Waals surface area (Å²) in [5, 5.41) is 14.6. The molecule has 180 valence electrons. The summed E-state index contributed by atoms with van der Waals surface area (Å²) < 4.78 is 5.55. The second-order valence-electron chi connectivity index (χ2n) is 9.69. The second-order valence-corrected chi connectivity index (χ2v) is 9.69. The number of carbonyl (C=O) groups is 3. The van der Waals surface area contributed by atoms with E-state index in [-0.39, 0.29) is 36.7 Å². The van der Waals surface area contributed by atoms with Crippen molar-refractivity contribution in [3.05, 3.63) is 59.7 Å². The van der Waals surface area contributed by atoms with Crippen LogP contribution in [0.2, 0.25) is 0 Å². The Hall–Kier alpha value is -3.35. The number of nitrogens with one attached hydrogen (secondary N) is 2. The van der Waals surface area contributed by atoms with Crippen LogP contribution in [0.25, 0.3) is 11.1 Å².